The van der Waals surface area contributed by atoms with Gasteiger partial charge < -0.3 is 19.9 Å². The molecule has 0 radical (unpaired) electrons. The van der Waals surface area contributed by atoms with Crippen molar-refractivity contribution in [1.29, 1.82) is 0 Å². The number of rotatable bonds is 6. The number of nitrogens with zero attached hydrogens (tertiary/aromatic N) is 1. The number of aliphatic hydroxyl groups excluding tert-OH is 1. The van der Waals surface area contributed by atoms with Crippen molar-refractivity contribution in [3.8, 4) is 11.5 Å². The van der Waals surface area contributed by atoms with Crippen molar-refractivity contribution in [3.63, 3.8) is 0 Å². The Kier molecular flexibility index (Phi) is 4.33. The minimum Gasteiger partial charge on any atom is -0.454 e. The van der Waals surface area contributed by atoms with E-state index in [0.717, 1.165) is 24.3 Å². The van der Waals surface area contributed by atoms with E-state index >= 15 is 0 Å². The highest BCUT2D eigenvalue weighted by atomic mass is 16.7. The number of ether oxygens (including phenoxy) is 2. The summed E-state index contributed by atoms with van der Waals surface area (Å²) in [5, 5.41) is 13.4. The van der Waals surface area contributed by atoms with E-state index in [4.69, 9.17) is 9.47 Å². The van der Waals surface area contributed by atoms with Gasteiger partial charge in [0.25, 0.3) is 0 Å². The quantitative estimate of drug-likeness (QED) is 0.791. The second-order valence-corrected chi connectivity index (χ2v) is 4.94. The van der Waals surface area contributed by atoms with Crippen molar-refractivity contribution in [2.24, 2.45) is 0 Å². The predicted molar refractivity (Wildman–Crippen MR) is 78.3 cm³/mol. The standard InChI is InChI=1S/C16H18N2O3/c19-14(10-18-8-5-12-3-6-17-7-4-12)13-1-2-15-16(9-13)21-11-20-15/h1-4,6-7,9,14,18-19H,5,8,10-11H2. The number of hydrogen-bond donors (Lipinski definition) is 2. The lowest BCUT2D eigenvalue weighted by atomic mass is 10.1. The molecule has 1 unspecified atom stereocenters. The smallest absolute Gasteiger partial charge is 0.231 e. The number of aliphatic hydroxyl groups is 1. The van der Waals surface area contributed by atoms with Gasteiger partial charge in [0, 0.05) is 18.9 Å². The molecule has 5 heteroatoms. The van der Waals surface area contributed by atoms with E-state index in [-0.39, 0.29) is 6.79 Å². The lowest BCUT2D eigenvalue weighted by Crippen LogP contribution is -2.23. The second-order valence-electron chi connectivity index (χ2n) is 4.94. The number of hydrogen-bond acceptors (Lipinski definition) is 5. The Morgan fingerprint density at radius 3 is 2.81 bits per heavy atom. The van der Waals surface area contributed by atoms with Gasteiger partial charge in [-0.2, -0.15) is 0 Å². The highest BCUT2D eigenvalue weighted by molar-refractivity contribution is 5.45. The van der Waals surface area contributed by atoms with Crippen LogP contribution in [0.3, 0.4) is 0 Å². The van der Waals surface area contributed by atoms with Crippen molar-refractivity contribution in [2.75, 3.05) is 19.9 Å². The third kappa shape index (κ3) is 3.51. The topological polar surface area (TPSA) is 63.6 Å². The molecule has 0 spiro atoms. The number of benzene rings is 1. The van der Waals surface area contributed by atoms with Crippen LogP contribution in [0.15, 0.2) is 42.7 Å². The SMILES string of the molecule is OC(CNCCc1ccncc1)c1ccc2c(c1)OCO2. The van der Waals surface area contributed by atoms with E-state index in [0.29, 0.717) is 12.3 Å². The van der Waals surface area contributed by atoms with Crippen LogP contribution in [-0.2, 0) is 6.42 Å². The molecule has 5 nitrogen and oxygen atoms in total. The first-order valence-corrected chi connectivity index (χ1v) is 7.00. The van der Waals surface area contributed by atoms with Crippen LogP contribution in [0.5, 0.6) is 11.5 Å². The van der Waals surface area contributed by atoms with Crippen LogP contribution < -0.4 is 14.8 Å². The average molecular weight is 286 g/mol. The number of nitrogens with one attached hydrogen (secondary N) is 1. The maximum absolute atomic E-state index is 10.2. The highest BCUT2D eigenvalue weighted by Gasteiger charge is 2.16. The van der Waals surface area contributed by atoms with E-state index in [1.807, 2.05) is 30.3 Å². The van der Waals surface area contributed by atoms with Gasteiger partial charge in [0.05, 0.1) is 6.10 Å². The molecule has 3 rings (SSSR count). The molecule has 0 saturated heterocycles. The third-order valence-corrected chi connectivity index (χ3v) is 3.46. The molecule has 21 heavy (non-hydrogen) atoms. The van der Waals surface area contributed by atoms with E-state index < -0.39 is 6.10 Å². The lowest BCUT2D eigenvalue weighted by Gasteiger charge is -2.12. The third-order valence-electron chi connectivity index (χ3n) is 3.46. The molecular formula is C16H18N2O3. The number of aromatic nitrogens is 1. The maximum atomic E-state index is 10.2. The number of pyridine rings is 1. The summed E-state index contributed by atoms with van der Waals surface area (Å²) >= 11 is 0. The van der Waals surface area contributed by atoms with Crippen LogP contribution in [0.25, 0.3) is 0 Å². The fourth-order valence-electron chi connectivity index (χ4n) is 2.26. The Hall–Kier alpha value is -2.11. The van der Waals surface area contributed by atoms with Gasteiger partial charge in [-0.15, -0.1) is 0 Å². The van der Waals surface area contributed by atoms with Crippen molar-refractivity contribution >= 4 is 0 Å². The molecule has 0 bridgehead atoms. The second kappa shape index (κ2) is 6.56. The van der Waals surface area contributed by atoms with Gasteiger partial charge in [-0.25, -0.2) is 0 Å². The zero-order valence-corrected chi connectivity index (χ0v) is 11.7. The Morgan fingerprint density at radius 2 is 1.95 bits per heavy atom. The summed E-state index contributed by atoms with van der Waals surface area (Å²) in [6.45, 7) is 1.56. The molecule has 110 valence electrons. The van der Waals surface area contributed by atoms with E-state index in [1.54, 1.807) is 12.4 Å². The molecule has 1 atom stereocenters. The van der Waals surface area contributed by atoms with Crippen LogP contribution in [0.2, 0.25) is 0 Å². The normalized spacial score (nSPS) is 14.1. The van der Waals surface area contributed by atoms with Crippen molar-refractivity contribution in [1.82, 2.24) is 10.3 Å². The Morgan fingerprint density at radius 1 is 1.14 bits per heavy atom. The maximum Gasteiger partial charge on any atom is 0.231 e. The first-order chi connectivity index (χ1) is 10.3. The largest absolute Gasteiger partial charge is 0.454 e. The molecule has 1 aliphatic heterocycles. The van der Waals surface area contributed by atoms with E-state index in [2.05, 4.69) is 10.3 Å². The first kappa shape index (κ1) is 13.9. The Labute approximate surface area is 123 Å². The molecule has 0 saturated carbocycles. The fourth-order valence-corrected chi connectivity index (χ4v) is 2.26. The van der Waals surface area contributed by atoms with Crippen molar-refractivity contribution in [3.05, 3.63) is 53.9 Å². The van der Waals surface area contributed by atoms with Gasteiger partial charge >= 0.3 is 0 Å². The Balaban J connectivity index is 1.47. The summed E-state index contributed by atoms with van der Waals surface area (Å²) in [7, 11) is 0. The van der Waals surface area contributed by atoms with Gasteiger partial charge in [0.1, 0.15) is 0 Å². The summed E-state index contributed by atoms with van der Waals surface area (Å²) in [5.74, 6) is 1.43. The summed E-state index contributed by atoms with van der Waals surface area (Å²) in [5.41, 5.74) is 2.06. The molecule has 1 aromatic heterocycles. The van der Waals surface area contributed by atoms with Gasteiger partial charge in [0.15, 0.2) is 11.5 Å². The molecule has 1 aromatic carbocycles. The van der Waals surface area contributed by atoms with Crippen LogP contribution in [0.1, 0.15) is 17.2 Å². The van der Waals surface area contributed by atoms with Crippen LogP contribution in [0.4, 0.5) is 0 Å². The van der Waals surface area contributed by atoms with E-state index in [1.165, 1.54) is 5.56 Å². The fraction of sp³-hybridized carbons (Fsp3) is 0.312. The van der Waals surface area contributed by atoms with Gasteiger partial charge in [-0.05, 0) is 48.4 Å². The molecule has 2 heterocycles. The van der Waals surface area contributed by atoms with Crippen LogP contribution in [-0.4, -0.2) is 30.0 Å². The van der Waals surface area contributed by atoms with E-state index in [9.17, 15) is 5.11 Å². The average Bonchev–Trinajstić information content (AvgIpc) is 3.00. The van der Waals surface area contributed by atoms with Crippen molar-refractivity contribution < 1.29 is 14.6 Å². The highest BCUT2D eigenvalue weighted by Crippen LogP contribution is 2.33. The molecule has 0 aliphatic carbocycles. The molecule has 0 fully saturated rings. The minimum atomic E-state index is -0.558. The summed E-state index contributed by atoms with van der Waals surface area (Å²) in [6, 6.07) is 9.52. The molecular weight excluding hydrogens is 268 g/mol. The summed E-state index contributed by atoms with van der Waals surface area (Å²) < 4.78 is 10.6. The zero-order valence-electron chi connectivity index (χ0n) is 11.7. The molecule has 2 N–H and O–H groups in total. The van der Waals surface area contributed by atoms with Gasteiger partial charge in [0.2, 0.25) is 6.79 Å². The predicted octanol–water partition coefficient (Wildman–Crippen LogP) is 1.68. The minimum absolute atomic E-state index is 0.249. The first-order valence-electron chi connectivity index (χ1n) is 7.00. The van der Waals surface area contributed by atoms with Crippen molar-refractivity contribution in [2.45, 2.75) is 12.5 Å². The molecule has 1 aliphatic rings. The molecule has 2 aromatic rings. The van der Waals surface area contributed by atoms with Crippen LogP contribution in [0, 0.1) is 0 Å². The van der Waals surface area contributed by atoms with Gasteiger partial charge in [-0.3, -0.25) is 4.98 Å². The van der Waals surface area contributed by atoms with Crippen LogP contribution >= 0.6 is 0 Å². The zero-order chi connectivity index (χ0) is 14.5. The lowest BCUT2D eigenvalue weighted by molar-refractivity contribution is 0.170. The summed E-state index contributed by atoms with van der Waals surface area (Å²) in [6.07, 6.45) is 3.93. The monoisotopic (exact) mass is 286 g/mol. The molecule has 0 amide bonds. The van der Waals surface area contributed by atoms with Gasteiger partial charge in [-0.1, -0.05) is 6.07 Å². The summed E-state index contributed by atoms with van der Waals surface area (Å²) in [4.78, 5) is 3.99. The Bertz CT molecular complexity index is 589. The number of fused-ring (bicyclic) bond motifs is 1.